The minimum Gasteiger partial charge on any atom is -0.387 e. The van der Waals surface area contributed by atoms with Gasteiger partial charge in [0.25, 0.3) is 0 Å². The Hall–Kier alpha value is 0.270. The predicted molar refractivity (Wildman–Crippen MR) is 47.9 cm³/mol. The molecular weight excluding hydrogens is 158 g/mol. The van der Waals surface area contributed by atoms with Crippen LogP contribution in [0, 0.1) is 0 Å². The molecule has 2 aliphatic rings. The predicted octanol–water partition coefficient (Wildman–Crippen LogP) is 0.606. The summed E-state index contributed by atoms with van der Waals surface area (Å²) in [6.07, 6.45) is 3.38. The van der Waals surface area contributed by atoms with E-state index in [1.54, 1.807) is 0 Å². The Bertz CT molecular complexity index is 139. The number of hydrogen-bond donors (Lipinski definition) is 2. The monoisotopic (exact) mass is 173 g/mol. The van der Waals surface area contributed by atoms with Crippen LogP contribution in [-0.4, -0.2) is 34.8 Å². The smallest absolute Gasteiger partial charge is 0.0897 e. The van der Waals surface area contributed by atoms with E-state index in [4.69, 9.17) is 0 Å². The molecule has 2 heterocycles. The highest BCUT2D eigenvalue weighted by molar-refractivity contribution is 7.99. The van der Waals surface area contributed by atoms with Crippen LogP contribution in [0.4, 0.5) is 0 Å². The quantitative estimate of drug-likeness (QED) is 0.609. The second-order valence-electron chi connectivity index (χ2n) is 3.56. The van der Waals surface area contributed by atoms with E-state index in [-0.39, 0.29) is 5.60 Å². The first kappa shape index (κ1) is 7.90. The molecule has 0 saturated carbocycles. The van der Waals surface area contributed by atoms with Crippen molar-refractivity contribution in [2.24, 2.45) is 0 Å². The van der Waals surface area contributed by atoms with Gasteiger partial charge in [0.15, 0.2) is 0 Å². The summed E-state index contributed by atoms with van der Waals surface area (Å²) in [5.74, 6) is 2.07. The maximum Gasteiger partial charge on any atom is 0.0897 e. The second kappa shape index (κ2) is 2.96. The molecule has 0 radical (unpaired) electrons. The van der Waals surface area contributed by atoms with E-state index < -0.39 is 0 Å². The molecule has 2 atom stereocenters. The zero-order valence-corrected chi connectivity index (χ0v) is 7.49. The zero-order chi connectivity index (χ0) is 7.73. The first-order chi connectivity index (χ1) is 5.31. The summed E-state index contributed by atoms with van der Waals surface area (Å²) in [6.45, 7) is 1.09. The molecule has 11 heavy (non-hydrogen) atoms. The van der Waals surface area contributed by atoms with Crippen molar-refractivity contribution in [3.05, 3.63) is 0 Å². The van der Waals surface area contributed by atoms with Crippen LogP contribution in [0.5, 0.6) is 0 Å². The molecule has 0 aromatic rings. The number of thioether (sulfide) groups is 1. The average molecular weight is 173 g/mol. The van der Waals surface area contributed by atoms with E-state index in [0.717, 1.165) is 30.9 Å². The molecule has 2 fully saturated rings. The lowest BCUT2D eigenvalue weighted by molar-refractivity contribution is 0.0336. The van der Waals surface area contributed by atoms with Crippen molar-refractivity contribution in [2.75, 3.05) is 18.1 Å². The molecule has 0 aromatic carbocycles. The van der Waals surface area contributed by atoms with Gasteiger partial charge in [0, 0.05) is 11.8 Å². The van der Waals surface area contributed by atoms with Crippen LogP contribution in [0.15, 0.2) is 0 Å². The third-order valence-corrected chi connectivity index (χ3v) is 3.94. The molecule has 0 spiro atoms. The van der Waals surface area contributed by atoms with Crippen molar-refractivity contribution in [1.82, 2.24) is 5.32 Å². The van der Waals surface area contributed by atoms with Crippen molar-refractivity contribution in [2.45, 2.75) is 30.9 Å². The van der Waals surface area contributed by atoms with Crippen molar-refractivity contribution in [1.29, 1.82) is 0 Å². The van der Waals surface area contributed by atoms with Crippen molar-refractivity contribution < 1.29 is 5.11 Å². The summed E-state index contributed by atoms with van der Waals surface area (Å²) in [5.41, 5.74) is -0.374. The van der Waals surface area contributed by atoms with Gasteiger partial charge in [0.1, 0.15) is 0 Å². The summed E-state index contributed by atoms with van der Waals surface area (Å²) < 4.78 is 0. The van der Waals surface area contributed by atoms with Crippen LogP contribution >= 0.6 is 11.8 Å². The first-order valence-corrected chi connectivity index (χ1v) is 5.50. The maximum atomic E-state index is 10.1. The zero-order valence-electron chi connectivity index (χ0n) is 6.68. The highest BCUT2D eigenvalue weighted by atomic mass is 32.2. The number of nitrogens with one attached hydrogen (secondary N) is 1. The van der Waals surface area contributed by atoms with Gasteiger partial charge in [-0.3, -0.25) is 0 Å². The molecule has 3 heteroatoms. The molecule has 2 nitrogen and oxygen atoms in total. The van der Waals surface area contributed by atoms with Gasteiger partial charge in [0.2, 0.25) is 0 Å². The van der Waals surface area contributed by atoms with Crippen LogP contribution in [0.2, 0.25) is 0 Å². The van der Waals surface area contributed by atoms with Crippen molar-refractivity contribution in [3.63, 3.8) is 0 Å². The summed E-state index contributed by atoms with van der Waals surface area (Å²) in [4.78, 5) is 0. The van der Waals surface area contributed by atoms with E-state index in [1.807, 2.05) is 11.8 Å². The molecule has 0 bridgehead atoms. The lowest BCUT2D eigenvalue weighted by Gasteiger charge is -2.28. The van der Waals surface area contributed by atoms with Gasteiger partial charge in [-0.15, -0.1) is 0 Å². The van der Waals surface area contributed by atoms with Crippen molar-refractivity contribution >= 4 is 11.8 Å². The van der Waals surface area contributed by atoms with E-state index in [9.17, 15) is 5.11 Å². The summed E-state index contributed by atoms with van der Waals surface area (Å²) in [7, 11) is 0. The largest absolute Gasteiger partial charge is 0.387 e. The Labute approximate surface area is 71.7 Å². The average Bonchev–Trinajstić information content (AvgIpc) is 2.55. The lowest BCUT2D eigenvalue weighted by Crippen LogP contribution is -2.47. The van der Waals surface area contributed by atoms with Crippen LogP contribution in [0.1, 0.15) is 19.3 Å². The van der Waals surface area contributed by atoms with E-state index in [2.05, 4.69) is 5.32 Å². The first-order valence-electron chi connectivity index (χ1n) is 4.35. The van der Waals surface area contributed by atoms with E-state index in [0.29, 0.717) is 6.04 Å². The van der Waals surface area contributed by atoms with Crippen molar-refractivity contribution in [3.8, 4) is 0 Å². The highest BCUT2D eigenvalue weighted by Gasteiger charge is 2.40. The van der Waals surface area contributed by atoms with Crippen LogP contribution < -0.4 is 5.32 Å². The Kier molecular flexibility index (Phi) is 2.12. The van der Waals surface area contributed by atoms with Gasteiger partial charge in [-0.05, 0) is 31.6 Å². The normalized spacial score (nSPS) is 45.0. The third-order valence-electron chi connectivity index (χ3n) is 2.74. The third kappa shape index (κ3) is 1.42. The minimum absolute atomic E-state index is 0.374. The van der Waals surface area contributed by atoms with Gasteiger partial charge >= 0.3 is 0 Å². The maximum absolute atomic E-state index is 10.1. The van der Waals surface area contributed by atoms with Gasteiger partial charge in [0.05, 0.1) is 5.60 Å². The molecule has 64 valence electrons. The van der Waals surface area contributed by atoms with Gasteiger partial charge in [-0.1, -0.05) is 0 Å². The summed E-state index contributed by atoms with van der Waals surface area (Å²) in [5, 5.41) is 13.5. The molecule has 0 aliphatic carbocycles. The van der Waals surface area contributed by atoms with E-state index >= 15 is 0 Å². The highest BCUT2D eigenvalue weighted by Crippen LogP contribution is 2.33. The van der Waals surface area contributed by atoms with Gasteiger partial charge < -0.3 is 10.4 Å². The Morgan fingerprint density at radius 2 is 2.45 bits per heavy atom. The topological polar surface area (TPSA) is 32.3 Å². The van der Waals surface area contributed by atoms with Crippen LogP contribution in [-0.2, 0) is 0 Å². The number of hydrogen-bond acceptors (Lipinski definition) is 3. The molecule has 0 aromatic heterocycles. The summed E-state index contributed by atoms with van der Waals surface area (Å²) >= 11 is 1.88. The molecule has 2 unspecified atom stereocenters. The number of aliphatic hydroxyl groups is 1. The molecular formula is C8H15NOS. The summed E-state index contributed by atoms with van der Waals surface area (Å²) in [6, 6.07) is 0.387. The molecule has 2 aliphatic heterocycles. The fraction of sp³-hybridized carbons (Fsp3) is 1.00. The minimum atomic E-state index is -0.374. The Morgan fingerprint density at radius 3 is 3.00 bits per heavy atom. The SMILES string of the molecule is OC1(C2CCCN2)CCSC1. The lowest BCUT2D eigenvalue weighted by atomic mass is 9.92. The molecule has 0 amide bonds. The number of rotatable bonds is 1. The standard InChI is InChI=1S/C8H15NOS/c10-8(3-5-11-6-8)7-2-1-4-9-7/h7,9-10H,1-6H2. The fourth-order valence-electron chi connectivity index (χ4n) is 1.99. The van der Waals surface area contributed by atoms with E-state index in [1.165, 1.54) is 6.42 Å². The van der Waals surface area contributed by atoms with Gasteiger partial charge in [-0.2, -0.15) is 11.8 Å². The fourth-order valence-corrected chi connectivity index (χ4v) is 3.33. The molecule has 2 rings (SSSR count). The van der Waals surface area contributed by atoms with Gasteiger partial charge in [-0.25, -0.2) is 0 Å². The molecule has 2 N–H and O–H groups in total. The van der Waals surface area contributed by atoms with Crippen LogP contribution in [0.3, 0.4) is 0 Å². The van der Waals surface area contributed by atoms with Crippen LogP contribution in [0.25, 0.3) is 0 Å². The second-order valence-corrected chi connectivity index (χ2v) is 4.66. The Morgan fingerprint density at radius 1 is 1.55 bits per heavy atom. The molecule has 2 saturated heterocycles. The Balaban J connectivity index is 2.00.